The predicted molar refractivity (Wildman–Crippen MR) is 163 cm³/mol. The van der Waals surface area contributed by atoms with Crippen molar-refractivity contribution in [3.63, 3.8) is 0 Å². The molecule has 0 saturated heterocycles. The molecule has 0 spiro atoms. The second kappa shape index (κ2) is 12.0. The van der Waals surface area contributed by atoms with Crippen molar-refractivity contribution in [1.29, 1.82) is 0 Å². The summed E-state index contributed by atoms with van der Waals surface area (Å²) in [4.78, 5) is 31.5. The van der Waals surface area contributed by atoms with E-state index in [2.05, 4.69) is 57.5 Å². The van der Waals surface area contributed by atoms with Crippen LogP contribution in [-0.4, -0.2) is 37.5 Å². The Balaban J connectivity index is 2.34. The van der Waals surface area contributed by atoms with Gasteiger partial charge in [0.05, 0.1) is 28.7 Å². The molecule has 40 heavy (non-hydrogen) atoms. The molecule has 2 radical (unpaired) electrons. The summed E-state index contributed by atoms with van der Waals surface area (Å²) in [6.07, 6.45) is 1.68. The molecule has 0 bridgehead atoms. The van der Waals surface area contributed by atoms with Crippen LogP contribution in [0.25, 0.3) is 11.0 Å². The smallest absolute Gasteiger partial charge is 0.343 e. The van der Waals surface area contributed by atoms with Crippen molar-refractivity contribution >= 4 is 54.3 Å². The Morgan fingerprint density at radius 2 is 1.80 bits per heavy atom. The van der Waals surface area contributed by atoms with Gasteiger partial charge in [0.1, 0.15) is 21.6 Å². The molecule has 0 aliphatic carbocycles. The monoisotopic (exact) mass is 650 g/mol. The Morgan fingerprint density at radius 1 is 1.15 bits per heavy atom. The van der Waals surface area contributed by atoms with E-state index in [0.717, 1.165) is 0 Å². The number of ether oxygens (including phenoxy) is 1. The zero-order valence-electron chi connectivity index (χ0n) is 24.5. The number of carbonyl (C=O) groups excluding carboxylic acids is 1. The van der Waals surface area contributed by atoms with Crippen LogP contribution in [0.1, 0.15) is 89.8 Å². The van der Waals surface area contributed by atoms with Crippen LogP contribution < -0.4 is 5.43 Å². The molecule has 0 aliphatic heterocycles. The first kappa shape index (κ1) is 32.4. The van der Waals surface area contributed by atoms with Crippen LogP contribution in [-0.2, 0) is 15.6 Å². The zero-order chi connectivity index (χ0) is 30.2. The lowest BCUT2D eigenvalue weighted by atomic mass is 9.77. The van der Waals surface area contributed by atoms with Crippen molar-refractivity contribution in [2.24, 2.45) is 5.41 Å². The van der Waals surface area contributed by atoms with E-state index in [9.17, 15) is 14.0 Å². The third kappa shape index (κ3) is 7.22. The number of nitrogens with zero attached hydrogens (tertiary/aromatic N) is 2. The van der Waals surface area contributed by atoms with Crippen LogP contribution in [0.15, 0.2) is 39.9 Å². The van der Waals surface area contributed by atoms with Gasteiger partial charge in [-0.1, -0.05) is 65.3 Å². The second-order valence-electron chi connectivity index (χ2n) is 12.5. The van der Waals surface area contributed by atoms with Gasteiger partial charge in [-0.3, -0.25) is 4.79 Å². The molecule has 6 nitrogen and oxygen atoms in total. The van der Waals surface area contributed by atoms with Gasteiger partial charge in [-0.25, -0.2) is 14.2 Å². The maximum Gasteiger partial charge on any atom is 0.343 e. The molecule has 3 rings (SSSR count). The summed E-state index contributed by atoms with van der Waals surface area (Å²) in [5.74, 6) is -1.24. The highest BCUT2D eigenvalue weighted by Crippen LogP contribution is 2.43. The van der Waals surface area contributed by atoms with Crippen molar-refractivity contribution in [3.05, 3.63) is 72.8 Å². The van der Waals surface area contributed by atoms with Crippen LogP contribution in [0, 0.1) is 11.2 Å². The van der Waals surface area contributed by atoms with Crippen molar-refractivity contribution in [2.75, 3.05) is 6.61 Å². The molecule has 0 unspecified atom stereocenters. The Bertz CT molecular complexity index is 1480. The quantitative estimate of drug-likeness (QED) is 0.141. The van der Waals surface area contributed by atoms with Crippen molar-refractivity contribution in [3.8, 4) is 0 Å². The lowest BCUT2D eigenvalue weighted by Gasteiger charge is -2.45. The average molecular weight is 652 g/mol. The lowest BCUT2D eigenvalue weighted by molar-refractivity contribution is -0.00177. The second-order valence-corrected chi connectivity index (χ2v) is 15.6. The highest BCUT2D eigenvalue weighted by molar-refractivity contribution is 9.10. The average Bonchev–Trinajstić information content (AvgIpc) is 2.82. The first-order valence-electron chi connectivity index (χ1n) is 13.2. The largest absolute Gasteiger partial charge is 0.462 e. The van der Waals surface area contributed by atoms with Crippen LogP contribution in [0.5, 0.6) is 0 Å². The molecule has 0 fully saturated rings. The van der Waals surface area contributed by atoms with E-state index < -0.39 is 22.8 Å². The Labute approximate surface area is 251 Å². The molecular weight excluding hydrogens is 615 g/mol. The summed E-state index contributed by atoms with van der Waals surface area (Å²) in [6, 6.07) is 6.11. The molecule has 0 amide bonds. The number of esters is 1. The van der Waals surface area contributed by atoms with Gasteiger partial charge < -0.3 is 13.7 Å². The van der Waals surface area contributed by atoms with Crippen LogP contribution in [0.4, 0.5) is 4.39 Å². The van der Waals surface area contributed by atoms with E-state index in [1.165, 1.54) is 6.07 Å². The minimum Gasteiger partial charge on any atom is -0.462 e. The van der Waals surface area contributed by atoms with Gasteiger partial charge in [0.25, 0.3) is 0 Å². The first-order valence-corrected chi connectivity index (χ1v) is 15.2. The maximum atomic E-state index is 14.7. The number of hydrogen-bond donors (Lipinski definition) is 0. The molecule has 3 aromatic rings. The number of aromatic nitrogens is 2. The molecular formula is C30H37BrClFN2O4Si. The molecule has 216 valence electrons. The first-order chi connectivity index (χ1) is 18.4. The van der Waals surface area contributed by atoms with Gasteiger partial charge in [-0.15, -0.1) is 0 Å². The van der Waals surface area contributed by atoms with E-state index in [1.807, 2.05) is 18.4 Å². The SMILES string of the molecule is CCOC(=O)c1cn([C@@H](C(C)(C)C)C(C)(C)O[Si]C(C)(C)C)c2nc(Br)c(Cc3cccc(Cl)c3F)cc2c1=O. The summed E-state index contributed by atoms with van der Waals surface area (Å²) in [7, 11) is 0.211. The van der Waals surface area contributed by atoms with E-state index in [1.54, 1.807) is 31.3 Å². The Kier molecular flexibility index (Phi) is 9.76. The molecule has 10 heteroatoms. The topological polar surface area (TPSA) is 70.4 Å². The predicted octanol–water partition coefficient (Wildman–Crippen LogP) is 7.94. The fourth-order valence-electron chi connectivity index (χ4n) is 4.99. The van der Waals surface area contributed by atoms with Crippen molar-refractivity contribution < 1.29 is 18.3 Å². The molecule has 0 N–H and O–H groups in total. The van der Waals surface area contributed by atoms with Crippen molar-refractivity contribution in [1.82, 2.24) is 9.55 Å². The van der Waals surface area contributed by atoms with E-state index in [4.69, 9.17) is 25.7 Å². The Morgan fingerprint density at radius 3 is 2.38 bits per heavy atom. The van der Waals surface area contributed by atoms with E-state index in [-0.39, 0.29) is 55.3 Å². The third-order valence-electron chi connectivity index (χ3n) is 6.32. The zero-order valence-corrected chi connectivity index (χ0v) is 27.9. The van der Waals surface area contributed by atoms with Crippen LogP contribution in [0.3, 0.4) is 0 Å². The highest BCUT2D eigenvalue weighted by atomic mass is 79.9. The normalized spacial score (nSPS) is 13.5. The summed E-state index contributed by atoms with van der Waals surface area (Å²) in [5.41, 5.74) is -0.361. The lowest BCUT2D eigenvalue weighted by Crippen LogP contribution is -2.46. The summed E-state index contributed by atoms with van der Waals surface area (Å²) < 4.78 is 28.9. The molecule has 2 heterocycles. The van der Waals surface area contributed by atoms with Gasteiger partial charge in [0, 0.05) is 12.6 Å². The fraction of sp³-hybridized carbons (Fsp3) is 0.500. The van der Waals surface area contributed by atoms with Crippen LogP contribution in [0.2, 0.25) is 10.1 Å². The number of benzene rings is 1. The van der Waals surface area contributed by atoms with E-state index in [0.29, 0.717) is 21.4 Å². The Hall–Kier alpha value is -2.07. The van der Waals surface area contributed by atoms with Gasteiger partial charge >= 0.3 is 5.97 Å². The van der Waals surface area contributed by atoms with Crippen LogP contribution >= 0.6 is 27.5 Å². The number of hydrogen-bond acceptors (Lipinski definition) is 5. The number of pyridine rings is 2. The number of fused-ring (bicyclic) bond motifs is 1. The summed E-state index contributed by atoms with van der Waals surface area (Å²) in [5, 5.41) is 0.197. The molecule has 1 aromatic carbocycles. The number of rotatable bonds is 8. The third-order valence-corrected chi connectivity index (χ3v) is 8.53. The van der Waals surface area contributed by atoms with E-state index >= 15 is 0 Å². The van der Waals surface area contributed by atoms with Crippen molar-refractivity contribution in [2.45, 2.75) is 85.4 Å². The number of halogens is 3. The number of carbonyl (C=O) groups is 1. The molecule has 1 atom stereocenters. The summed E-state index contributed by atoms with van der Waals surface area (Å²) >= 11 is 9.55. The minimum atomic E-state index is -0.714. The molecule has 2 aromatic heterocycles. The molecule has 0 saturated carbocycles. The van der Waals surface area contributed by atoms with Gasteiger partial charge in [0.15, 0.2) is 0 Å². The van der Waals surface area contributed by atoms with Gasteiger partial charge in [0.2, 0.25) is 15.2 Å². The summed E-state index contributed by atoms with van der Waals surface area (Å²) in [6.45, 7) is 18.4. The van der Waals surface area contributed by atoms with Gasteiger partial charge in [-0.2, -0.15) is 0 Å². The fourth-order valence-corrected chi connectivity index (χ4v) is 6.29. The standard InChI is InChI=1S/C30H37BrClFN2O4Si/c1-10-38-26(37)20-16-35(27(28(2,3)4)30(8,9)39-40-29(5,6)7)25-19(23(20)36)15-18(24(31)34-25)14-17-12-11-13-21(32)22(17)33/h11-13,15-16,27H,10,14H2,1-9H3/t27-/m0/s1. The maximum absolute atomic E-state index is 14.7. The van der Waals surface area contributed by atoms with Gasteiger partial charge in [-0.05, 0) is 70.4 Å². The molecule has 0 aliphatic rings. The highest BCUT2D eigenvalue weighted by Gasteiger charge is 2.42. The minimum absolute atomic E-state index is 0.0144.